The van der Waals surface area contributed by atoms with Crippen LogP contribution < -0.4 is 5.32 Å². The number of hydrogen-bond donors (Lipinski definition) is 1. The highest BCUT2D eigenvalue weighted by Gasteiger charge is 2.22. The van der Waals surface area contributed by atoms with E-state index < -0.39 is 9.84 Å². The molecule has 2 rings (SSSR count). The first-order chi connectivity index (χ1) is 9.94. The Morgan fingerprint density at radius 3 is 2.76 bits per heavy atom. The predicted octanol–water partition coefficient (Wildman–Crippen LogP) is 0.821. The molecular weight excluding hydrogens is 294 g/mol. The Bertz CT molecular complexity index is 576. The summed E-state index contributed by atoms with van der Waals surface area (Å²) in [5, 5.41) is 6.57. The molecule has 1 aromatic heterocycles. The van der Waals surface area contributed by atoms with Crippen molar-refractivity contribution in [2.75, 3.05) is 18.6 Å². The van der Waals surface area contributed by atoms with E-state index >= 15 is 0 Å². The van der Waals surface area contributed by atoms with Crippen LogP contribution in [0.2, 0.25) is 0 Å². The van der Waals surface area contributed by atoms with E-state index in [4.69, 9.17) is 4.52 Å². The maximum atomic E-state index is 11.5. The topological polar surface area (TPSA) is 102 Å². The fourth-order valence-corrected chi connectivity index (χ4v) is 2.94. The molecule has 0 spiro atoms. The van der Waals surface area contributed by atoms with Crippen LogP contribution in [0.3, 0.4) is 0 Å². The Kier molecular flexibility index (Phi) is 5.33. The molecule has 118 valence electrons. The van der Waals surface area contributed by atoms with Crippen LogP contribution in [0, 0.1) is 0 Å². The molecule has 0 radical (unpaired) electrons. The number of aromatic nitrogens is 2. The molecule has 8 heteroatoms. The second-order valence-electron chi connectivity index (χ2n) is 5.51. The maximum absolute atomic E-state index is 11.5. The number of carbonyl (C=O) groups excluding carboxylic acids is 1. The molecular formula is C13H21N3O4S. The Hall–Kier alpha value is -1.44. The third kappa shape index (κ3) is 5.45. The number of hydrogen-bond acceptors (Lipinski definition) is 6. The fourth-order valence-electron chi connectivity index (χ4n) is 2.39. The van der Waals surface area contributed by atoms with Crippen LogP contribution in [-0.2, 0) is 21.1 Å². The van der Waals surface area contributed by atoms with E-state index in [0.29, 0.717) is 30.6 Å². The van der Waals surface area contributed by atoms with Gasteiger partial charge < -0.3 is 9.84 Å². The Labute approximate surface area is 124 Å². The first-order valence-corrected chi connectivity index (χ1v) is 9.27. The lowest BCUT2D eigenvalue weighted by molar-refractivity contribution is -0.120. The normalized spacial score (nSPS) is 16.2. The van der Waals surface area contributed by atoms with Gasteiger partial charge in [-0.15, -0.1) is 0 Å². The summed E-state index contributed by atoms with van der Waals surface area (Å²) in [7, 11) is -3.10. The second-order valence-corrected chi connectivity index (χ2v) is 7.77. The Balaban J connectivity index is 1.70. The van der Waals surface area contributed by atoms with Crippen molar-refractivity contribution in [2.24, 2.45) is 0 Å². The molecule has 1 saturated carbocycles. The molecule has 1 N–H and O–H groups in total. The van der Waals surface area contributed by atoms with Crippen molar-refractivity contribution in [3.63, 3.8) is 0 Å². The summed E-state index contributed by atoms with van der Waals surface area (Å²) in [4.78, 5) is 15.8. The van der Waals surface area contributed by atoms with Crippen molar-refractivity contribution in [1.82, 2.24) is 15.5 Å². The quantitative estimate of drug-likeness (QED) is 0.799. The first kappa shape index (κ1) is 15.9. The van der Waals surface area contributed by atoms with Gasteiger partial charge in [0.25, 0.3) is 0 Å². The van der Waals surface area contributed by atoms with Crippen LogP contribution in [0.15, 0.2) is 4.52 Å². The summed E-state index contributed by atoms with van der Waals surface area (Å²) in [5.41, 5.74) is 0. The van der Waals surface area contributed by atoms with E-state index in [2.05, 4.69) is 15.5 Å². The molecule has 7 nitrogen and oxygen atoms in total. The lowest BCUT2D eigenvalue weighted by Gasteiger charge is -2.02. The summed E-state index contributed by atoms with van der Waals surface area (Å²) in [6.45, 7) is 0.381. The van der Waals surface area contributed by atoms with Gasteiger partial charge in [0.1, 0.15) is 9.84 Å². The Morgan fingerprint density at radius 2 is 2.10 bits per heavy atom. The number of rotatable bonds is 7. The lowest BCUT2D eigenvalue weighted by atomic mass is 10.1. The van der Waals surface area contributed by atoms with Crippen LogP contribution in [0.4, 0.5) is 0 Å². The van der Waals surface area contributed by atoms with Gasteiger partial charge in [0.05, 0.1) is 5.75 Å². The summed E-state index contributed by atoms with van der Waals surface area (Å²) in [6.07, 6.45) is 6.20. The van der Waals surface area contributed by atoms with Crippen molar-refractivity contribution in [3.8, 4) is 0 Å². The van der Waals surface area contributed by atoms with Gasteiger partial charge in [0, 0.05) is 31.6 Å². The summed E-state index contributed by atoms with van der Waals surface area (Å²) >= 11 is 0. The molecule has 0 bridgehead atoms. The van der Waals surface area contributed by atoms with Crippen LogP contribution >= 0.6 is 0 Å². The van der Waals surface area contributed by atoms with Crippen LogP contribution in [0.1, 0.15) is 49.7 Å². The molecule has 21 heavy (non-hydrogen) atoms. The van der Waals surface area contributed by atoms with E-state index in [1.807, 2.05) is 0 Å². The predicted molar refractivity (Wildman–Crippen MR) is 76.5 cm³/mol. The molecule has 1 fully saturated rings. The highest BCUT2D eigenvalue weighted by atomic mass is 32.2. The average Bonchev–Trinajstić information content (AvgIpc) is 3.06. The highest BCUT2D eigenvalue weighted by molar-refractivity contribution is 7.90. The molecule has 0 saturated heterocycles. The number of carbonyl (C=O) groups is 1. The molecule has 0 aromatic carbocycles. The zero-order chi connectivity index (χ0) is 15.3. The highest BCUT2D eigenvalue weighted by Crippen LogP contribution is 2.32. The molecule has 1 aromatic rings. The lowest BCUT2D eigenvalue weighted by Crippen LogP contribution is -2.27. The molecule has 1 aliphatic rings. The van der Waals surface area contributed by atoms with Gasteiger partial charge in [-0.3, -0.25) is 4.79 Å². The number of nitrogens with zero attached hydrogens (tertiary/aromatic N) is 2. The minimum Gasteiger partial charge on any atom is -0.356 e. The third-order valence-corrected chi connectivity index (χ3v) is 4.50. The maximum Gasteiger partial charge on any atom is 0.229 e. The number of sulfone groups is 1. The van der Waals surface area contributed by atoms with Crippen molar-refractivity contribution < 1.29 is 17.7 Å². The van der Waals surface area contributed by atoms with Crippen LogP contribution in [0.5, 0.6) is 0 Å². The SMILES string of the molecule is CS(=O)(=O)CCC(=O)NCCc1noc(C2CCCC2)n1. The molecule has 1 heterocycles. The van der Waals surface area contributed by atoms with Gasteiger partial charge in [-0.2, -0.15) is 4.98 Å². The zero-order valence-electron chi connectivity index (χ0n) is 12.2. The van der Waals surface area contributed by atoms with Gasteiger partial charge in [-0.05, 0) is 12.8 Å². The first-order valence-electron chi connectivity index (χ1n) is 7.21. The summed E-state index contributed by atoms with van der Waals surface area (Å²) in [5.74, 6) is 1.26. The van der Waals surface area contributed by atoms with E-state index in [0.717, 1.165) is 19.1 Å². The van der Waals surface area contributed by atoms with Gasteiger partial charge in [-0.1, -0.05) is 18.0 Å². The average molecular weight is 315 g/mol. The van der Waals surface area contributed by atoms with Crippen molar-refractivity contribution in [2.45, 2.75) is 44.4 Å². The van der Waals surface area contributed by atoms with E-state index in [9.17, 15) is 13.2 Å². The van der Waals surface area contributed by atoms with Gasteiger partial charge >= 0.3 is 0 Å². The van der Waals surface area contributed by atoms with Crippen LogP contribution in [-0.4, -0.2) is 43.0 Å². The van der Waals surface area contributed by atoms with Crippen molar-refractivity contribution in [1.29, 1.82) is 0 Å². The smallest absolute Gasteiger partial charge is 0.229 e. The molecule has 0 aliphatic heterocycles. The summed E-state index contributed by atoms with van der Waals surface area (Å²) < 4.78 is 27.1. The van der Waals surface area contributed by atoms with Gasteiger partial charge in [0.2, 0.25) is 11.8 Å². The molecule has 0 unspecified atom stereocenters. The van der Waals surface area contributed by atoms with Gasteiger partial charge in [-0.25, -0.2) is 8.42 Å². The Morgan fingerprint density at radius 1 is 1.38 bits per heavy atom. The summed E-state index contributed by atoms with van der Waals surface area (Å²) in [6, 6.07) is 0. The second kappa shape index (κ2) is 7.02. The number of nitrogens with one attached hydrogen (secondary N) is 1. The fraction of sp³-hybridized carbons (Fsp3) is 0.769. The molecule has 1 amide bonds. The van der Waals surface area contributed by atoms with E-state index in [-0.39, 0.29) is 18.1 Å². The number of amides is 1. The van der Waals surface area contributed by atoms with Gasteiger partial charge in [0.15, 0.2) is 5.82 Å². The van der Waals surface area contributed by atoms with E-state index in [1.54, 1.807) is 0 Å². The van der Waals surface area contributed by atoms with E-state index in [1.165, 1.54) is 12.8 Å². The van der Waals surface area contributed by atoms with Crippen molar-refractivity contribution >= 4 is 15.7 Å². The monoisotopic (exact) mass is 315 g/mol. The minimum absolute atomic E-state index is 0.0155. The third-order valence-electron chi connectivity index (χ3n) is 3.56. The molecule has 0 atom stereocenters. The largest absolute Gasteiger partial charge is 0.356 e. The van der Waals surface area contributed by atoms with Crippen molar-refractivity contribution in [3.05, 3.63) is 11.7 Å². The van der Waals surface area contributed by atoms with Crippen LogP contribution in [0.25, 0.3) is 0 Å². The molecule has 1 aliphatic carbocycles. The standard InChI is InChI=1S/C13H21N3O4S/c1-21(18,19)9-7-12(17)14-8-6-11-15-13(20-16-11)10-4-2-3-5-10/h10H,2-9H2,1H3,(H,14,17). The minimum atomic E-state index is -3.10. The zero-order valence-corrected chi connectivity index (χ0v) is 13.0.